The predicted octanol–water partition coefficient (Wildman–Crippen LogP) is 11.1. The summed E-state index contributed by atoms with van der Waals surface area (Å²) < 4.78 is 4.86. The van der Waals surface area contributed by atoms with Gasteiger partial charge in [0.2, 0.25) is 0 Å². The van der Waals surface area contributed by atoms with E-state index >= 15 is 0 Å². The van der Waals surface area contributed by atoms with Gasteiger partial charge in [-0.3, -0.25) is 4.57 Å². The molecule has 0 bridgehead atoms. The fourth-order valence-electron chi connectivity index (χ4n) is 6.89. The van der Waals surface area contributed by atoms with E-state index in [0.29, 0.717) is 0 Å². The van der Waals surface area contributed by atoms with Crippen molar-refractivity contribution in [3.05, 3.63) is 140 Å². The second-order valence-corrected chi connectivity index (χ2v) is 12.5. The molecule has 7 aromatic carbocycles. The summed E-state index contributed by atoms with van der Waals surface area (Å²) in [6.45, 7) is 0. The lowest BCUT2D eigenvalue weighted by Crippen LogP contribution is -2.02. The van der Waals surface area contributed by atoms with E-state index in [1.807, 2.05) is 11.3 Å². The van der Waals surface area contributed by atoms with Gasteiger partial charge in [0.05, 0.1) is 16.6 Å². The number of aromatic nitrogens is 3. The first kappa shape index (κ1) is 23.9. The van der Waals surface area contributed by atoms with Crippen LogP contribution >= 0.6 is 11.3 Å². The van der Waals surface area contributed by atoms with Crippen molar-refractivity contribution in [3.63, 3.8) is 0 Å². The first-order valence-electron chi connectivity index (χ1n) is 14.8. The molecule has 0 radical (unpaired) electrons. The molecular formula is C40H23N3S. The third-order valence-electron chi connectivity index (χ3n) is 8.94. The molecule has 10 rings (SSSR count). The number of nitrogens with zero attached hydrogens (tertiary/aromatic N) is 3. The number of thiophene rings is 1. The highest BCUT2D eigenvalue weighted by atomic mass is 32.1. The lowest BCUT2D eigenvalue weighted by atomic mass is 10.0. The average Bonchev–Trinajstić information content (AvgIpc) is 3.60. The largest absolute Gasteiger partial charge is 0.293 e. The summed E-state index contributed by atoms with van der Waals surface area (Å²) in [6.07, 6.45) is 0. The minimum absolute atomic E-state index is 0.743. The van der Waals surface area contributed by atoms with E-state index in [9.17, 15) is 0 Å². The van der Waals surface area contributed by atoms with E-state index in [-0.39, 0.29) is 0 Å². The minimum Gasteiger partial charge on any atom is -0.293 e. The van der Waals surface area contributed by atoms with Crippen LogP contribution in [0.3, 0.4) is 0 Å². The van der Waals surface area contributed by atoms with Crippen molar-refractivity contribution in [1.29, 1.82) is 0 Å². The smallest absolute Gasteiger partial charge is 0.163 e. The molecule has 10 aromatic rings. The van der Waals surface area contributed by atoms with E-state index in [0.717, 1.165) is 39.1 Å². The van der Waals surface area contributed by atoms with Gasteiger partial charge in [0.15, 0.2) is 5.82 Å². The van der Waals surface area contributed by atoms with Crippen molar-refractivity contribution < 1.29 is 0 Å². The monoisotopic (exact) mass is 577 g/mol. The quantitative estimate of drug-likeness (QED) is 0.205. The highest BCUT2D eigenvalue weighted by Gasteiger charge is 2.20. The summed E-state index contributed by atoms with van der Waals surface area (Å²) in [5, 5.41) is 10.9. The Hall–Kier alpha value is -5.58. The third-order valence-corrected chi connectivity index (χ3v) is 10.2. The van der Waals surface area contributed by atoms with Gasteiger partial charge in [-0.25, -0.2) is 9.97 Å². The van der Waals surface area contributed by atoms with E-state index < -0.39 is 0 Å². The second kappa shape index (κ2) is 8.96. The molecule has 0 aliphatic carbocycles. The van der Waals surface area contributed by atoms with Crippen LogP contribution in [-0.2, 0) is 0 Å². The topological polar surface area (TPSA) is 30.7 Å². The molecule has 0 atom stereocenters. The summed E-state index contributed by atoms with van der Waals surface area (Å²) in [5.74, 6) is 1.64. The summed E-state index contributed by atoms with van der Waals surface area (Å²) in [6, 6.07) is 50.1. The SMILES string of the molecule is c1ccc2cc3c(cc2c1)c1cc2ccccc2cc1n3-c1nc(-c2cccc3c2sc2ccccc23)nc2ccccc12. The van der Waals surface area contributed by atoms with Crippen LogP contribution in [0.1, 0.15) is 0 Å². The zero-order valence-corrected chi connectivity index (χ0v) is 24.3. The summed E-state index contributed by atoms with van der Waals surface area (Å²) in [5.41, 5.74) is 4.28. The Kier molecular flexibility index (Phi) is 4.87. The van der Waals surface area contributed by atoms with Gasteiger partial charge < -0.3 is 0 Å². The van der Waals surface area contributed by atoms with Crippen LogP contribution in [0.4, 0.5) is 0 Å². The Bertz CT molecular complexity index is 2690. The summed E-state index contributed by atoms with van der Waals surface area (Å²) in [4.78, 5) is 10.6. The van der Waals surface area contributed by atoms with Gasteiger partial charge in [0.1, 0.15) is 5.82 Å². The molecule has 0 aliphatic rings. The molecule has 0 spiro atoms. The number of hydrogen-bond acceptors (Lipinski definition) is 3. The van der Waals surface area contributed by atoms with Gasteiger partial charge in [0.25, 0.3) is 0 Å². The highest BCUT2D eigenvalue weighted by Crippen LogP contribution is 2.41. The molecule has 0 fully saturated rings. The molecular weight excluding hydrogens is 555 g/mol. The van der Waals surface area contributed by atoms with Crippen LogP contribution in [0.5, 0.6) is 0 Å². The molecule has 204 valence electrons. The Labute approximate surface area is 256 Å². The normalized spacial score (nSPS) is 12.1. The standard InChI is InChI=1S/C40H23N3S/c1-3-12-26-22-35-32(20-24(26)10-1)33-21-25-11-2-4-13-27(25)23-36(33)43(35)40-30-15-5-7-18-34(30)41-39(42-40)31-17-9-16-29-28-14-6-8-19-37(28)44-38(29)31/h1-23H. The van der Waals surface area contributed by atoms with Gasteiger partial charge in [-0.15, -0.1) is 11.3 Å². The fraction of sp³-hybridized carbons (Fsp3) is 0. The molecule has 3 heterocycles. The lowest BCUT2D eigenvalue weighted by Gasteiger charge is -2.13. The van der Waals surface area contributed by atoms with Crippen molar-refractivity contribution in [2.24, 2.45) is 0 Å². The molecule has 0 saturated heterocycles. The molecule has 0 saturated carbocycles. The maximum Gasteiger partial charge on any atom is 0.163 e. The van der Waals surface area contributed by atoms with Crippen molar-refractivity contribution in [3.8, 4) is 17.2 Å². The van der Waals surface area contributed by atoms with Gasteiger partial charge in [-0.1, -0.05) is 91.0 Å². The number of hydrogen-bond donors (Lipinski definition) is 0. The van der Waals surface area contributed by atoms with Gasteiger partial charge in [0, 0.05) is 41.9 Å². The second-order valence-electron chi connectivity index (χ2n) is 11.4. The van der Waals surface area contributed by atoms with Crippen LogP contribution in [0.15, 0.2) is 140 Å². The van der Waals surface area contributed by atoms with Crippen molar-refractivity contribution >= 4 is 85.8 Å². The molecule has 0 aliphatic heterocycles. The summed E-state index contributed by atoms with van der Waals surface area (Å²) >= 11 is 1.81. The number of benzene rings is 7. The zero-order chi connectivity index (χ0) is 28.8. The number of fused-ring (bicyclic) bond motifs is 9. The molecule has 3 nitrogen and oxygen atoms in total. The third kappa shape index (κ3) is 3.37. The van der Waals surface area contributed by atoms with Crippen LogP contribution < -0.4 is 0 Å². The van der Waals surface area contributed by atoms with Gasteiger partial charge in [-0.2, -0.15) is 0 Å². The average molecular weight is 578 g/mol. The Morgan fingerprint density at radius 1 is 0.455 bits per heavy atom. The van der Waals surface area contributed by atoms with Crippen LogP contribution in [-0.4, -0.2) is 14.5 Å². The number of rotatable bonds is 2. The van der Waals surface area contributed by atoms with E-state index in [2.05, 4.69) is 144 Å². The molecule has 4 heteroatoms. The maximum absolute atomic E-state index is 5.45. The Morgan fingerprint density at radius 3 is 1.73 bits per heavy atom. The maximum atomic E-state index is 5.45. The summed E-state index contributed by atoms with van der Waals surface area (Å²) in [7, 11) is 0. The van der Waals surface area contributed by atoms with Crippen molar-refractivity contribution in [2.45, 2.75) is 0 Å². The van der Waals surface area contributed by atoms with Gasteiger partial charge in [-0.05, 0) is 70.1 Å². The predicted molar refractivity (Wildman–Crippen MR) is 187 cm³/mol. The molecule has 0 amide bonds. The van der Waals surface area contributed by atoms with Crippen molar-refractivity contribution in [1.82, 2.24) is 14.5 Å². The number of para-hydroxylation sites is 1. The Morgan fingerprint density at radius 2 is 1.02 bits per heavy atom. The molecule has 3 aromatic heterocycles. The Balaban J connectivity index is 1.36. The van der Waals surface area contributed by atoms with Crippen LogP contribution in [0.2, 0.25) is 0 Å². The molecule has 0 unspecified atom stereocenters. The first-order valence-corrected chi connectivity index (χ1v) is 15.7. The van der Waals surface area contributed by atoms with Crippen LogP contribution in [0.25, 0.3) is 91.6 Å². The van der Waals surface area contributed by atoms with E-state index in [4.69, 9.17) is 9.97 Å². The molecule has 0 N–H and O–H groups in total. The van der Waals surface area contributed by atoms with E-state index in [1.165, 1.54) is 52.5 Å². The van der Waals surface area contributed by atoms with E-state index in [1.54, 1.807) is 0 Å². The minimum atomic E-state index is 0.743. The van der Waals surface area contributed by atoms with Gasteiger partial charge >= 0.3 is 0 Å². The van der Waals surface area contributed by atoms with Crippen molar-refractivity contribution in [2.75, 3.05) is 0 Å². The lowest BCUT2D eigenvalue weighted by molar-refractivity contribution is 1.08. The molecule has 44 heavy (non-hydrogen) atoms. The first-order chi connectivity index (χ1) is 21.8. The fourth-order valence-corrected chi connectivity index (χ4v) is 8.10. The van der Waals surface area contributed by atoms with Crippen LogP contribution in [0, 0.1) is 0 Å². The highest BCUT2D eigenvalue weighted by molar-refractivity contribution is 7.26. The zero-order valence-electron chi connectivity index (χ0n) is 23.5.